The zero-order valence-electron chi connectivity index (χ0n) is 15.5. The van der Waals surface area contributed by atoms with Gasteiger partial charge in [0.2, 0.25) is 0 Å². The molecule has 2 aliphatic rings. The van der Waals surface area contributed by atoms with Crippen LogP contribution in [0, 0.1) is 0 Å². The van der Waals surface area contributed by atoms with E-state index in [1.807, 2.05) is 23.5 Å². The van der Waals surface area contributed by atoms with Crippen LogP contribution in [-0.4, -0.2) is 25.3 Å². The van der Waals surface area contributed by atoms with Crippen molar-refractivity contribution >= 4 is 40.0 Å². The highest BCUT2D eigenvalue weighted by molar-refractivity contribution is 7.98. The number of rotatable bonds is 2. The molecular weight excluding hydrogens is 356 g/mol. The molecule has 2 aliphatic heterocycles. The highest BCUT2D eigenvalue weighted by Crippen LogP contribution is 2.36. The molecule has 0 aliphatic carbocycles. The summed E-state index contributed by atoms with van der Waals surface area (Å²) >= 11 is 3.85. The van der Waals surface area contributed by atoms with Crippen LogP contribution in [0.2, 0.25) is 0 Å². The topological polar surface area (TPSA) is 16.1 Å². The molecule has 4 heteroatoms. The van der Waals surface area contributed by atoms with Crippen LogP contribution in [0.5, 0.6) is 0 Å². The molecule has 5 rings (SSSR count). The van der Waals surface area contributed by atoms with E-state index in [1.165, 1.54) is 39.0 Å². The van der Waals surface area contributed by atoms with Crippen LogP contribution in [0.25, 0.3) is 10.8 Å². The van der Waals surface area contributed by atoms with Crippen LogP contribution in [-0.2, 0) is 17.9 Å². The van der Waals surface area contributed by atoms with E-state index in [9.17, 15) is 0 Å². The Kier molecular flexibility index (Phi) is 5.14. The van der Waals surface area contributed by atoms with E-state index in [2.05, 4.69) is 73.8 Å². The summed E-state index contributed by atoms with van der Waals surface area (Å²) in [4.78, 5) is 7.21. The fraction of sp³-hybridized carbons (Fsp3) is 0.318. The third-order valence-corrected chi connectivity index (χ3v) is 7.02. The van der Waals surface area contributed by atoms with Crippen LogP contribution >= 0.6 is 23.5 Å². The number of nitrogens with zero attached hydrogens (tertiary/aromatic N) is 2. The molecule has 2 nitrogen and oxygen atoms in total. The van der Waals surface area contributed by atoms with Crippen LogP contribution in [0.1, 0.15) is 27.8 Å². The zero-order chi connectivity index (χ0) is 18.1. The second-order valence-electron chi connectivity index (χ2n) is 6.99. The van der Waals surface area contributed by atoms with Gasteiger partial charge in [-0.3, -0.25) is 4.98 Å². The van der Waals surface area contributed by atoms with E-state index in [-0.39, 0.29) is 0 Å². The van der Waals surface area contributed by atoms with Crippen LogP contribution in [0.3, 0.4) is 0 Å². The van der Waals surface area contributed by atoms with E-state index in [0.717, 1.165) is 17.9 Å². The molecule has 26 heavy (non-hydrogen) atoms. The van der Waals surface area contributed by atoms with E-state index in [1.54, 1.807) is 0 Å². The van der Waals surface area contributed by atoms with E-state index >= 15 is 0 Å². The number of aromatic nitrogens is 1. The molecule has 3 aromatic rings. The minimum absolute atomic E-state index is 0.368. The number of fused-ring (bicyclic) bond motifs is 4. The molecule has 1 atom stereocenters. The molecule has 0 saturated carbocycles. The lowest BCUT2D eigenvalue weighted by Crippen LogP contribution is -2.12. The van der Waals surface area contributed by atoms with Crippen molar-refractivity contribution in [3.63, 3.8) is 0 Å². The minimum atomic E-state index is 0.368. The summed E-state index contributed by atoms with van der Waals surface area (Å²) in [6, 6.07) is 18.0. The molecule has 0 saturated heterocycles. The fourth-order valence-electron chi connectivity index (χ4n) is 3.59. The third-order valence-electron chi connectivity index (χ3n) is 5.03. The first kappa shape index (κ1) is 17.7. The standard InChI is InChI=1S/C22H24N2S2/c1-24(2)18-11-17-14-26-13-16-9-8-15(19-6-4-5-7-20(16)19)10-22(25-3)21(12-18)23-17/h4-9,11-12,22H,10,13-14H2,1-3H3. The van der Waals surface area contributed by atoms with Gasteiger partial charge in [-0.25, -0.2) is 0 Å². The Bertz CT molecular complexity index is 937. The Balaban J connectivity index is 1.87. The van der Waals surface area contributed by atoms with Crippen molar-refractivity contribution in [3.8, 4) is 0 Å². The summed E-state index contributed by atoms with van der Waals surface area (Å²) in [7, 11) is 4.22. The van der Waals surface area contributed by atoms with Gasteiger partial charge < -0.3 is 4.90 Å². The first-order valence-corrected chi connectivity index (χ1v) is 11.4. The lowest BCUT2D eigenvalue weighted by atomic mass is 9.96. The first-order valence-electron chi connectivity index (χ1n) is 8.94. The predicted molar refractivity (Wildman–Crippen MR) is 117 cm³/mol. The summed E-state index contributed by atoms with van der Waals surface area (Å²) in [6.45, 7) is 0. The molecule has 4 bridgehead atoms. The molecule has 3 heterocycles. The van der Waals surface area contributed by atoms with E-state index < -0.39 is 0 Å². The maximum absolute atomic E-state index is 5.03. The van der Waals surface area contributed by atoms with Crippen molar-refractivity contribution in [2.75, 3.05) is 25.3 Å². The molecule has 1 unspecified atom stereocenters. The van der Waals surface area contributed by atoms with Crippen LogP contribution in [0.15, 0.2) is 48.5 Å². The molecular formula is C22H24N2S2. The molecule has 0 amide bonds. The Labute approximate surface area is 164 Å². The zero-order valence-corrected chi connectivity index (χ0v) is 17.2. The lowest BCUT2D eigenvalue weighted by Gasteiger charge is -2.21. The van der Waals surface area contributed by atoms with E-state index in [4.69, 9.17) is 4.98 Å². The predicted octanol–water partition coefficient (Wildman–Crippen LogP) is 5.69. The number of thioether (sulfide) groups is 2. The number of anilines is 1. The summed E-state index contributed by atoms with van der Waals surface area (Å²) in [5.74, 6) is 1.97. The van der Waals surface area contributed by atoms with Gasteiger partial charge >= 0.3 is 0 Å². The van der Waals surface area contributed by atoms with Gasteiger partial charge in [0.05, 0.1) is 16.6 Å². The minimum Gasteiger partial charge on any atom is -0.378 e. The van der Waals surface area contributed by atoms with E-state index in [0.29, 0.717) is 5.25 Å². The highest BCUT2D eigenvalue weighted by Gasteiger charge is 2.18. The summed E-state index contributed by atoms with van der Waals surface area (Å²) < 4.78 is 0. The molecule has 134 valence electrons. The fourth-order valence-corrected chi connectivity index (χ4v) is 5.23. The van der Waals surface area contributed by atoms with Crippen molar-refractivity contribution in [1.82, 2.24) is 4.98 Å². The summed E-state index contributed by atoms with van der Waals surface area (Å²) in [5, 5.41) is 3.17. The number of hydrogen-bond acceptors (Lipinski definition) is 4. The lowest BCUT2D eigenvalue weighted by molar-refractivity contribution is 0.880. The molecule has 0 N–H and O–H groups in total. The molecule has 0 fully saturated rings. The van der Waals surface area contributed by atoms with Gasteiger partial charge in [0.25, 0.3) is 0 Å². The number of pyridine rings is 1. The molecule has 2 aromatic carbocycles. The first-order chi connectivity index (χ1) is 12.7. The van der Waals surface area contributed by atoms with Crippen LogP contribution < -0.4 is 4.90 Å². The smallest absolute Gasteiger partial charge is 0.0561 e. The van der Waals surface area contributed by atoms with Gasteiger partial charge in [0.15, 0.2) is 0 Å². The van der Waals surface area contributed by atoms with Crippen molar-refractivity contribution in [2.45, 2.75) is 23.2 Å². The largest absolute Gasteiger partial charge is 0.378 e. The maximum atomic E-state index is 5.03. The second kappa shape index (κ2) is 7.53. The van der Waals surface area contributed by atoms with Gasteiger partial charge in [-0.05, 0) is 46.7 Å². The van der Waals surface area contributed by atoms with Crippen molar-refractivity contribution < 1.29 is 0 Å². The Morgan fingerprint density at radius 2 is 1.73 bits per heavy atom. The van der Waals surface area contributed by atoms with Crippen molar-refractivity contribution in [1.29, 1.82) is 0 Å². The van der Waals surface area contributed by atoms with Gasteiger partial charge in [0.1, 0.15) is 0 Å². The van der Waals surface area contributed by atoms with Gasteiger partial charge in [-0.2, -0.15) is 23.5 Å². The van der Waals surface area contributed by atoms with Gasteiger partial charge in [-0.15, -0.1) is 0 Å². The normalized spacial score (nSPS) is 17.0. The molecule has 1 aromatic heterocycles. The Morgan fingerprint density at radius 3 is 2.46 bits per heavy atom. The summed E-state index contributed by atoms with van der Waals surface area (Å²) in [6.07, 6.45) is 3.21. The van der Waals surface area contributed by atoms with Gasteiger partial charge in [-0.1, -0.05) is 36.4 Å². The summed E-state index contributed by atoms with van der Waals surface area (Å²) in [5.41, 5.74) is 6.50. The Hall–Kier alpha value is -1.65. The number of hydrogen-bond donors (Lipinski definition) is 0. The number of benzene rings is 2. The SMILES string of the molecule is CSC1Cc2ccc(c3ccccc23)CSCc2cc(N(C)C)cc1n2. The van der Waals surface area contributed by atoms with Crippen molar-refractivity contribution in [2.24, 2.45) is 0 Å². The molecule has 0 radical (unpaired) electrons. The van der Waals surface area contributed by atoms with Crippen LogP contribution in [0.4, 0.5) is 5.69 Å². The third kappa shape index (κ3) is 3.45. The quantitative estimate of drug-likeness (QED) is 0.567. The average Bonchev–Trinajstić information content (AvgIpc) is 2.66. The highest BCUT2D eigenvalue weighted by atomic mass is 32.2. The average molecular weight is 381 g/mol. The van der Waals surface area contributed by atoms with Gasteiger partial charge in [0, 0.05) is 31.3 Å². The Morgan fingerprint density at radius 1 is 1.00 bits per heavy atom. The maximum Gasteiger partial charge on any atom is 0.0561 e. The molecule has 0 spiro atoms. The second-order valence-corrected chi connectivity index (χ2v) is 9.01. The monoisotopic (exact) mass is 380 g/mol. The van der Waals surface area contributed by atoms with Crippen molar-refractivity contribution in [3.05, 3.63) is 71.0 Å².